The standard InChI is InChI=1S/C11H16F3N3O2/c1-7-4-15-5-8(7)10-16-9(17-19-10)2-3-18-6-11(12,13)14/h7-8,15H,2-6H2,1H3. The average Bonchev–Trinajstić information content (AvgIpc) is 2.91. The number of hydrogen-bond acceptors (Lipinski definition) is 5. The zero-order valence-corrected chi connectivity index (χ0v) is 10.5. The smallest absolute Gasteiger partial charge is 0.372 e. The van der Waals surface area contributed by atoms with E-state index < -0.39 is 12.8 Å². The van der Waals surface area contributed by atoms with Crippen molar-refractivity contribution in [3.05, 3.63) is 11.7 Å². The van der Waals surface area contributed by atoms with Crippen molar-refractivity contribution in [2.75, 3.05) is 26.3 Å². The molecule has 1 N–H and O–H groups in total. The lowest BCUT2D eigenvalue weighted by atomic mass is 9.98. The van der Waals surface area contributed by atoms with Crippen LogP contribution in [0.25, 0.3) is 0 Å². The molecule has 1 aliphatic rings. The number of halogens is 3. The molecule has 1 aromatic heterocycles. The van der Waals surface area contributed by atoms with Crippen LogP contribution in [0.1, 0.15) is 24.6 Å². The molecule has 0 aliphatic carbocycles. The largest absolute Gasteiger partial charge is 0.411 e. The quantitative estimate of drug-likeness (QED) is 0.828. The summed E-state index contributed by atoms with van der Waals surface area (Å²) < 4.78 is 45.2. The van der Waals surface area contributed by atoms with Crippen LogP contribution in [-0.2, 0) is 11.2 Å². The summed E-state index contributed by atoms with van der Waals surface area (Å²) in [7, 11) is 0. The third-order valence-corrected chi connectivity index (χ3v) is 3.05. The lowest BCUT2D eigenvalue weighted by Crippen LogP contribution is -2.18. The monoisotopic (exact) mass is 279 g/mol. The molecule has 1 aliphatic heterocycles. The molecule has 0 radical (unpaired) electrons. The second kappa shape index (κ2) is 5.87. The van der Waals surface area contributed by atoms with Gasteiger partial charge in [0.2, 0.25) is 5.89 Å². The number of alkyl halides is 3. The minimum absolute atomic E-state index is 0.0725. The van der Waals surface area contributed by atoms with Crippen molar-refractivity contribution in [3.8, 4) is 0 Å². The number of aromatic nitrogens is 2. The zero-order valence-electron chi connectivity index (χ0n) is 10.5. The van der Waals surface area contributed by atoms with E-state index >= 15 is 0 Å². The van der Waals surface area contributed by atoms with Crippen molar-refractivity contribution in [1.82, 2.24) is 15.5 Å². The lowest BCUT2D eigenvalue weighted by molar-refractivity contribution is -0.173. The van der Waals surface area contributed by atoms with Crippen molar-refractivity contribution in [2.45, 2.75) is 25.4 Å². The summed E-state index contributed by atoms with van der Waals surface area (Å²) >= 11 is 0. The number of hydrogen-bond donors (Lipinski definition) is 1. The molecule has 8 heteroatoms. The van der Waals surface area contributed by atoms with Crippen molar-refractivity contribution in [3.63, 3.8) is 0 Å². The fourth-order valence-corrected chi connectivity index (χ4v) is 2.01. The number of ether oxygens (including phenoxy) is 1. The summed E-state index contributed by atoms with van der Waals surface area (Å²) in [6, 6.07) is 0. The molecule has 108 valence electrons. The Kier molecular flexibility index (Phi) is 4.41. The maximum absolute atomic E-state index is 11.9. The Bertz CT molecular complexity index is 408. The Morgan fingerprint density at radius 3 is 2.84 bits per heavy atom. The van der Waals surface area contributed by atoms with Crippen molar-refractivity contribution >= 4 is 0 Å². The molecule has 0 spiro atoms. The third kappa shape index (κ3) is 4.17. The minimum atomic E-state index is -4.30. The molecule has 5 nitrogen and oxygen atoms in total. The molecule has 1 fully saturated rings. The molecule has 0 aromatic carbocycles. The van der Waals surface area contributed by atoms with Crippen LogP contribution in [0.4, 0.5) is 13.2 Å². The maximum Gasteiger partial charge on any atom is 0.411 e. The molecule has 2 heterocycles. The van der Waals surface area contributed by atoms with E-state index in [4.69, 9.17) is 4.52 Å². The van der Waals surface area contributed by atoms with Gasteiger partial charge in [-0.25, -0.2) is 0 Å². The van der Waals surface area contributed by atoms with Crippen LogP contribution in [0.5, 0.6) is 0 Å². The summed E-state index contributed by atoms with van der Waals surface area (Å²) in [6.07, 6.45) is -4.08. The number of nitrogens with zero attached hydrogens (tertiary/aromatic N) is 2. The molecule has 0 bridgehead atoms. The highest BCUT2D eigenvalue weighted by molar-refractivity contribution is 5.00. The molecule has 1 saturated heterocycles. The summed E-state index contributed by atoms with van der Waals surface area (Å²) in [5.41, 5.74) is 0. The van der Waals surface area contributed by atoms with Gasteiger partial charge in [0, 0.05) is 13.0 Å². The van der Waals surface area contributed by atoms with E-state index in [0.717, 1.165) is 13.1 Å². The van der Waals surface area contributed by atoms with Gasteiger partial charge < -0.3 is 14.6 Å². The molecule has 0 amide bonds. The van der Waals surface area contributed by atoms with E-state index in [9.17, 15) is 13.2 Å². The fraction of sp³-hybridized carbons (Fsp3) is 0.818. The van der Waals surface area contributed by atoms with E-state index in [-0.39, 0.29) is 18.9 Å². The van der Waals surface area contributed by atoms with E-state index in [1.165, 1.54) is 0 Å². The lowest BCUT2D eigenvalue weighted by Gasteiger charge is -2.07. The molecule has 2 unspecified atom stereocenters. The molecule has 2 rings (SSSR count). The average molecular weight is 279 g/mol. The first-order valence-electron chi connectivity index (χ1n) is 6.13. The molecular formula is C11H16F3N3O2. The highest BCUT2D eigenvalue weighted by Crippen LogP contribution is 2.26. The van der Waals surface area contributed by atoms with Gasteiger partial charge in [-0.1, -0.05) is 12.1 Å². The van der Waals surface area contributed by atoms with Crippen molar-refractivity contribution in [2.24, 2.45) is 5.92 Å². The first kappa shape index (κ1) is 14.3. The predicted molar refractivity (Wildman–Crippen MR) is 59.7 cm³/mol. The Morgan fingerprint density at radius 1 is 1.42 bits per heavy atom. The Hall–Kier alpha value is -1.15. The highest BCUT2D eigenvalue weighted by atomic mass is 19.4. The van der Waals surface area contributed by atoms with Gasteiger partial charge in [-0.2, -0.15) is 18.2 Å². The van der Waals surface area contributed by atoms with Gasteiger partial charge >= 0.3 is 6.18 Å². The first-order valence-corrected chi connectivity index (χ1v) is 6.13. The Balaban J connectivity index is 1.78. The van der Waals surface area contributed by atoms with E-state index in [1.807, 2.05) is 0 Å². The van der Waals surface area contributed by atoms with Gasteiger partial charge in [-0.15, -0.1) is 0 Å². The highest BCUT2D eigenvalue weighted by Gasteiger charge is 2.30. The van der Waals surface area contributed by atoms with Crippen LogP contribution in [-0.4, -0.2) is 42.6 Å². The second-order valence-electron chi connectivity index (χ2n) is 4.71. The van der Waals surface area contributed by atoms with Crippen LogP contribution >= 0.6 is 0 Å². The van der Waals surface area contributed by atoms with Crippen LogP contribution in [0.2, 0.25) is 0 Å². The SMILES string of the molecule is CC1CNCC1c1nc(CCOCC(F)(F)F)no1. The zero-order chi connectivity index (χ0) is 13.9. The summed E-state index contributed by atoms with van der Waals surface area (Å²) in [5, 5.41) is 6.98. The molecule has 19 heavy (non-hydrogen) atoms. The van der Waals surface area contributed by atoms with E-state index in [1.54, 1.807) is 0 Å². The topological polar surface area (TPSA) is 60.2 Å². The van der Waals surface area contributed by atoms with Crippen molar-refractivity contribution < 1.29 is 22.4 Å². The molecule has 2 atom stereocenters. The first-order chi connectivity index (χ1) is 8.96. The Morgan fingerprint density at radius 2 is 2.21 bits per heavy atom. The minimum Gasteiger partial charge on any atom is -0.372 e. The van der Waals surface area contributed by atoms with Gasteiger partial charge in [0.15, 0.2) is 5.82 Å². The van der Waals surface area contributed by atoms with Crippen LogP contribution < -0.4 is 5.32 Å². The fourth-order valence-electron chi connectivity index (χ4n) is 2.01. The van der Waals surface area contributed by atoms with Gasteiger partial charge in [-0.05, 0) is 12.5 Å². The number of rotatable bonds is 5. The summed E-state index contributed by atoms with van der Waals surface area (Å²) in [6.45, 7) is 2.45. The van der Waals surface area contributed by atoms with Gasteiger partial charge in [0.1, 0.15) is 6.61 Å². The van der Waals surface area contributed by atoms with E-state index in [0.29, 0.717) is 17.6 Å². The van der Waals surface area contributed by atoms with Gasteiger partial charge in [-0.3, -0.25) is 0 Å². The van der Waals surface area contributed by atoms with Crippen LogP contribution in [0.15, 0.2) is 4.52 Å². The summed E-state index contributed by atoms with van der Waals surface area (Å²) in [5.74, 6) is 1.52. The normalized spacial score (nSPS) is 24.0. The second-order valence-corrected chi connectivity index (χ2v) is 4.71. The molecular weight excluding hydrogens is 263 g/mol. The number of nitrogens with one attached hydrogen (secondary N) is 1. The maximum atomic E-state index is 11.9. The molecule has 0 saturated carbocycles. The van der Waals surface area contributed by atoms with Gasteiger partial charge in [0.25, 0.3) is 0 Å². The summed E-state index contributed by atoms with van der Waals surface area (Å²) in [4.78, 5) is 4.20. The van der Waals surface area contributed by atoms with Gasteiger partial charge in [0.05, 0.1) is 12.5 Å². The third-order valence-electron chi connectivity index (χ3n) is 3.05. The van der Waals surface area contributed by atoms with E-state index in [2.05, 4.69) is 27.1 Å². The van der Waals surface area contributed by atoms with Crippen LogP contribution in [0.3, 0.4) is 0 Å². The Labute approximate surface area is 108 Å². The molecule has 1 aromatic rings. The predicted octanol–water partition coefficient (Wildman–Crippen LogP) is 1.51. The van der Waals surface area contributed by atoms with Crippen LogP contribution in [0, 0.1) is 5.92 Å². The van der Waals surface area contributed by atoms with Crippen molar-refractivity contribution in [1.29, 1.82) is 0 Å².